The quantitative estimate of drug-likeness (QED) is 0.464. The molecule has 1 aliphatic carbocycles. The van der Waals surface area contributed by atoms with Gasteiger partial charge in [-0.05, 0) is 37.7 Å². The van der Waals surface area contributed by atoms with Gasteiger partial charge in [0.25, 0.3) is 0 Å². The first-order chi connectivity index (χ1) is 4.13. The lowest BCUT2D eigenvalue weighted by Crippen LogP contribution is -2.15. The molecule has 0 spiro atoms. The van der Waals surface area contributed by atoms with E-state index in [0.717, 1.165) is 0 Å². The molecule has 0 nitrogen and oxygen atoms in total. The van der Waals surface area contributed by atoms with Crippen molar-refractivity contribution in [3.05, 3.63) is 11.6 Å². The van der Waals surface area contributed by atoms with E-state index in [1.807, 2.05) is 0 Å². The highest BCUT2D eigenvalue weighted by atomic mass is 14.3. The number of allylic oxidation sites excluding steroid dienone is 2. The van der Waals surface area contributed by atoms with Crippen LogP contribution >= 0.6 is 0 Å². The fourth-order valence-corrected chi connectivity index (χ4v) is 1.23. The van der Waals surface area contributed by atoms with E-state index >= 15 is 0 Å². The molecule has 1 aliphatic rings. The van der Waals surface area contributed by atoms with Gasteiger partial charge in [-0.3, -0.25) is 0 Å². The molecule has 1 radical (unpaired) electrons. The van der Waals surface area contributed by atoms with Crippen LogP contribution in [0.4, 0.5) is 0 Å². The maximum absolute atomic E-state index is 3.39. The summed E-state index contributed by atoms with van der Waals surface area (Å²) in [5.41, 5.74) is 1.90. The first-order valence-corrected chi connectivity index (χ1v) is 3.71. The molecule has 0 bridgehead atoms. The van der Waals surface area contributed by atoms with E-state index in [2.05, 4.69) is 26.8 Å². The van der Waals surface area contributed by atoms with Crippen LogP contribution in [0.3, 0.4) is 0 Å². The van der Waals surface area contributed by atoms with Gasteiger partial charge in [-0.2, -0.15) is 0 Å². The van der Waals surface area contributed by atoms with Crippen LogP contribution in [-0.2, 0) is 0 Å². The van der Waals surface area contributed by atoms with Crippen LogP contribution in [-0.4, -0.2) is 0 Å². The highest BCUT2D eigenvalue weighted by Gasteiger charge is 2.21. The normalized spacial score (nSPS) is 25.4. The Labute approximate surface area is 58.0 Å². The number of hydrogen-bond donors (Lipinski definition) is 0. The third-order valence-corrected chi connectivity index (χ3v) is 2.38. The fourth-order valence-electron chi connectivity index (χ4n) is 1.23. The highest BCUT2D eigenvalue weighted by molar-refractivity contribution is 5.07. The molecule has 0 heteroatoms. The van der Waals surface area contributed by atoms with Gasteiger partial charge in [0.05, 0.1) is 0 Å². The molecule has 9 heavy (non-hydrogen) atoms. The topological polar surface area (TPSA) is 0 Å². The summed E-state index contributed by atoms with van der Waals surface area (Å²) in [7, 11) is 0. The van der Waals surface area contributed by atoms with E-state index in [4.69, 9.17) is 0 Å². The molecule has 1 rings (SSSR count). The summed E-state index contributed by atoms with van der Waals surface area (Å²) in [4.78, 5) is 0. The van der Waals surface area contributed by atoms with Crippen LogP contribution in [0, 0.1) is 11.5 Å². The zero-order chi connectivity index (χ0) is 6.91. The van der Waals surface area contributed by atoms with Gasteiger partial charge in [-0.25, -0.2) is 0 Å². The second kappa shape index (κ2) is 2.17. The van der Waals surface area contributed by atoms with E-state index in [0.29, 0.717) is 5.41 Å². The standard InChI is InChI=1S/C9H15/c1-8-6-4-5-7-9(8,2)3/h4-5,7H2,1-3H3. The molecule has 0 N–H and O–H groups in total. The third-order valence-electron chi connectivity index (χ3n) is 2.38. The second-order valence-electron chi connectivity index (χ2n) is 3.54. The lowest BCUT2D eigenvalue weighted by Gasteiger charge is -2.28. The largest absolute Gasteiger partial charge is 0.0642 e. The minimum Gasteiger partial charge on any atom is -0.0642 e. The second-order valence-corrected chi connectivity index (χ2v) is 3.54. The molecule has 0 fully saturated rings. The van der Waals surface area contributed by atoms with Gasteiger partial charge in [0.2, 0.25) is 0 Å². The predicted octanol–water partition coefficient (Wildman–Crippen LogP) is 2.95. The Bertz CT molecular complexity index is 129. The Balaban J connectivity index is 2.73. The van der Waals surface area contributed by atoms with Crippen LogP contribution in [0.25, 0.3) is 0 Å². The molecule has 0 saturated carbocycles. The molecule has 0 aromatic rings. The van der Waals surface area contributed by atoms with Gasteiger partial charge >= 0.3 is 0 Å². The van der Waals surface area contributed by atoms with E-state index < -0.39 is 0 Å². The smallest absolute Gasteiger partial charge is 0.0141 e. The van der Waals surface area contributed by atoms with Gasteiger partial charge < -0.3 is 0 Å². The Morgan fingerprint density at radius 1 is 1.44 bits per heavy atom. The molecule has 0 atom stereocenters. The summed E-state index contributed by atoms with van der Waals surface area (Å²) in [6, 6.07) is 0. The van der Waals surface area contributed by atoms with Gasteiger partial charge in [0, 0.05) is 0 Å². The van der Waals surface area contributed by atoms with Crippen molar-refractivity contribution in [1.29, 1.82) is 0 Å². The molecule has 51 valence electrons. The Hall–Kier alpha value is -0.260. The molecule has 0 aliphatic heterocycles. The summed E-state index contributed by atoms with van der Waals surface area (Å²) in [6.07, 6.45) is 7.23. The minimum atomic E-state index is 0.443. The summed E-state index contributed by atoms with van der Waals surface area (Å²) >= 11 is 0. The van der Waals surface area contributed by atoms with Crippen molar-refractivity contribution in [2.45, 2.75) is 40.0 Å². The Kier molecular flexibility index (Phi) is 1.65. The van der Waals surface area contributed by atoms with Gasteiger partial charge in [0.15, 0.2) is 0 Å². The average molecular weight is 123 g/mol. The summed E-state index contributed by atoms with van der Waals surface area (Å²) < 4.78 is 0. The SMILES string of the molecule is CC1=[C]CCCC1(C)C. The molecule has 0 saturated heterocycles. The van der Waals surface area contributed by atoms with E-state index in [1.165, 1.54) is 24.8 Å². The highest BCUT2D eigenvalue weighted by Crippen LogP contribution is 2.35. The van der Waals surface area contributed by atoms with Crippen LogP contribution in [0.1, 0.15) is 40.0 Å². The zero-order valence-corrected chi connectivity index (χ0v) is 6.62. The lowest BCUT2D eigenvalue weighted by molar-refractivity contribution is 0.371. The van der Waals surface area contributed by atoms with Crippen molar-refractivity contribution >= 4 is 0 Å². The first-order valence-electron chi connectivity index (χ1n) is 3.71. The molecule has 0 aromatic heterocycles. The van der Waals surface area contributed by atoms with Crippen molar-refractivity contribution in [2.75, 3.05) is 0 Å². The van der Waals surface area contributed by atoms with E-state index in [-0.39, 0.29) is 0 Å². The minimum absolute atomic E-state index is 0.443. The van der Waals surface area contributed by atoms with Crippen molar-refractivity contribution in [3.63, 3.8) is 0 Å². The maximum atomic E-state index is 3.39. The molecule has 0 heterocycles. The van der Waals surface area contributed by atoms with Crippen molar-refractivity contribution in [1.82, 2.24) is 0 Å². The maximum Gasteiger partial charge on any atom is -0.0141 e. The number of hydrogen-bond acceptors (Lipinski definition) is 0. The number of rotatable bonds is 0. The lowest BCUT2D eigenvalue weighted by atomic mass is 9.77. The molecule has 0 unspecified atom stereocenters. The average Bonchev–Trinajstić information content (AvgIpc) is 1.77. The Morgan fingerprint density at radius 3 is 2.44 bits per heavy atom. The van der Waals surface area contributed by atoms with Crippen molar-refractivity contribution < 1.29 is 0 Å². The molecular formula is C9H15. The molecular weight excluding hydrogens is 108 g/mol. The monoisotopic (exact) mass is 123 g/mol. The van der Waals surface area contributed by atoms with Crippen molar-refractivity contribution in [3.8, 4) is 0 Å². The van der Waals surface area contributed by atoms with Crippen LogP contribution in [0.5, 0.6) is 0 Å². The first kappa shape index (κ1) is 6.85. The molecule has 0 amide bonds. The molecule has 0 aromatic carbocycles. The zero-order valence-electron chi connectivity index (χ0n) is 6.62. The summed E-state index contributed by atoms with van der Waals surface area (Å²) in [5, 5.41) is 0. The van der Waals surface area contributed by atoms with Crippen LogP contribution in [0.2, 0.25) is 0 Å². The van der Waals surface area contributed by atoms with Gasteiger partial charge in [0.1, 0.15) is 0 Å². The van der Waals surface area contributed by atoms with Crippen LogP contribution < -0.4 is 0 Å². The third kappa shape index (κ3) is 1.35. The van der Waals surface area contributed by atoms with Gasteiger partial charge in [-0.15, -0.1) is 0 Å². The van der Waals surface area contributed by atoms with Crippen molar-refractivity contribution in [2.24, 2.45) is 5.41 Å². The van der Waals surface area contributed by atoms with Crippen LogP contribution in [0.15, 0.2) is 5.57 Å². The van der Waals surface area contributed by atoms with E-state index in [1.54, 1.807) is 0 Å². The Morgan fingerprint density at radius 2 is 2.11 bits per heavy atom. The van der Waals surface area contributed by atoms with E-state index in [9.17, 15) is 0 Å². The van der Waals surface area contributed by atoms with Gasteiger partial charge in [-0.1, -0.05) is 19.4 Å². The predicted molar refractivity (Wildman–Crippen MR) is 40.1 cm³/mol. The summed E-state index contributed by atoms with van der Waals surface area (Å²) in [5.74, 6) is 0. The fraction of sp³-hybridized carbons (Fsp3) is 0.778. The summed E-state index contributed by atoms with van der Waals surface area (Å²) in [6.45, 7) is 6.79.